The highest BCUT2D eigenvalue weighted by atomic mass is 14.9. The summed E-state index contributed by atoms with van der Waals surface area (Å²) >= 11 is 0. The Kier molecular flexibility index (Phi) is 3.87. The Morgan fingerprint density at radius 1 is 1.24 bits per heavy atom. The molecule has 1 heterocycles. The Morgan fingerprint density at radius 2 is 1.88 bits per heavy atom. The van der Waals surface area contributed by atoms with Crippen LogP contribution in [-0.4, -0.2) is 23.1 Å². The molecule has 1 fully saturated rings. The predicted octanol–water partition coefficient (Wildman–Crippen LogP) is 3.09. The molecule has 96 valence electrons. The van der Waals surface area contributed by atoms with Gasteiger partial charge in [-0.15, -0.1) is 0 Å². The summed E-state index contributed by atoms with van der Waals surface area (Å²) in [6.45, 7) is 6.57. The van der Waals surface area contributed by atoms with E-state index < -0.39 is 0 Å². The van der Waals surface area contributed by atoms with Crippen LogP contribution in [0.5, 0.6) is 0 Å². The Hall–Kier alpha value is -0.830. The molecule has 2 N–H and O–H groups in total. The van der Waals surface area contributed by atoms with E-state index in [0.717, 1.165) is 0 Å². The van der Waals surface area contributed by atoms with Crippen molar-refractivity contribution in [2.45, 2.75) is 64.3 Å². The van der Waals surface area contributed by atoms with Crippen LogP contribution in [0.15, 0.2) is 0 Å². The van der Waals surface area contributed by atoms with Gasteiger partial charge in [-0.2, -0.15) is 0 Å². The van der Waals surface area contributed by atoms with Crippen LogP contribution >= 0.6 is 0 Å². The minimum absolute atomic E-state index is 0.522. The molecule has 0 unspecified atom stereocenters. The van der Waals surface area contributed by atoms with Gasteiger partial charge in [0.05, 0.1) is 5.69 Å². The number of nitrogens with one attached hydrogen (secondary N) is 2. The van der Waals surface area contributed by atoms with E-state index in [1.807, 2.05) is 0 Å². The molecule has 1 aromatic heterocycles. The maximum atomic E-state index is 4.81. The number of aryl methyl sites for hydroxylation is 1. The second-order valence-corrected chi connectivity index (χ2v) is 5.62. The van der Waals surface area contributed by atoms with Gasteiger partial charge in [-0.05, 0) is 45.6 Å². The molecule has 0 saturated heterocycles. The summed E-state index contributed by atoms with van der Waals surface area (Å²) in [6.07, 6.45) is 5.07. The van der Waals surface area contributed by atoms with Crippen molar-refractivity contribution in [2.24, 2.45) is 0 Å². The fourth-order valence-electron chi connectivity index (χ4n) is 2.91. The third-order valence-electron chi connectivity index (χ3n) is 4.01. The first-order valence-electron chi connectivity index (χ1n) is 6.85. The van der Waals surface area contributed by atoms with Gasteiger partial charge < -0.3 is 10.3 Å². The number of nitrogens with zero attached hydrogens (tertiary/aromatic N) is 1. The highest BCUT2D eigenvalue weighted by Crippen LogP contribution is 2.32. The summed E-state index contributed by atoms with van der Waals surface area (Å²) in [6, 6.07) is 0.715. The van der Waals surface area contributed by atoms with E-state index in [9.17, 15) is 0 Å². The molecule has 0 amide bonds. The highest BCUT2D eigenvalue weighted by Gasteiger charge is 2.24. The van der Waals surface area contributed by atoms with Gasteiger partial charge in [0.25, 0.3) is 0 Å². The zero-order chi connectivity index (χ0) is 12.4. The minimum Gasteiger partial charge on any atom is -0.346 e. The zero-order valence-corrected chi connectivity index (χ0v) is 11.5. The van der Waals surface area contributed by atoms with Crippen LogP contribution in [0.1, 0.15) is 68.6 Å². The zero-order valence-electron chi connectivity index (χ0n) is 11.5. The van der Waals surface area contributed by atoms with Crippen LogP contribution in [0.25, 0.3) is 0 Å². The molecule has 0 aromatic carbocycles. The summed E-state index contributed by atoms with van der Waals surface area (Å²) < 4.78 is 0. The Morgan fingerprint density at radius 3 is 2.35 bits per heavy atom. The molecule has 3 nitrogen and oxygen atoms in total. The fourth-order valence-corrected chi connectivity index (χ4v) is 2.91. The summed E-state index contributed by atoms with van der Waals surface area (Å²) in [5, 5.41) is 3.38. The molecular weight excluding hydrogens is 210 g/mol. The van der Waals surface area contributed by atoms with Crippen molar-refractivity contribution < 1.29 is 0 Å². The fraction of sp³-hybridized carbons (Fsp3) is 0.786. The van der Waals surface area contributed by atoms with Gasteiger partial charge in [0.2, 0.25) is 0 Å². The summed E-state index contributed by atoms with van der Waals surface area (Å²) in [5.41, 5.74) is 2.50. The van der Waals surface area contributed by atoms with E-state index in [0.29, 0.717) is 17.9 Å². The number of hydrogen-bond acceptors (Lipinski definition) is 2. The molecule has 0 radical (unpaired) electrons. The molecule has 1 aromatic rings. The first-order valence-corrected chi connectivity index (χ1v) is 6.85. The largest absolute Gasteiger partial charge is 0.346 e. The van der Waals surface area contributed by atoms with Crippen molar-refractivity contribution in [2.75, 3.05) is 7.05 Å². The van der Waals surface area contributed by atoms with Crippen molar-refractivity contribution in [3.05, 3.63) is 17.2 Å². The first kappa shape index (κ1) is 12.6. The summed E-state index contributed by atoms with van der Waals surface area (Å²) in [5.74, 6) is 2.39. The van der Waals surface area contributed by atoms with Crippen LogP contribution in [0.2, 0.25) is 0 Å². The average Bonchev–Trinajstić information content (AvgIpc) is 2.71. The molecule has 3 heteroatoms. The van der Waals surface area contributed by atoms with Crippen LogP contribution in [0.3, 0.4) is 0 Å². The highest BCUT2D eigenvalue weighted by molar-refractivity contribution is 5.18. The van der Waals surface area contributed by atoms with Crippen molar-refractivity contribution >= 4 is 0 Å². The van der Waals surface area contributed by atoms with Crippen LogP contribution in [0, 0.1) is 6.92 Å². The van der Waals surface area contributed by atoms with Crippen molar-refractivity contribution in [3.63, 3.8) is 0 Å². The molecule has 1 aliphatic carbocycles. The standard InChI is InChI=1S/C14H25N3/c1-9(2)13-10(3)16-14(17-13)11-5-7-12(15-4)8-6-11/h9,11-12,15H,5-8H2,1-4H3,(H,16,17). The monoisotopic (exact) mass is 235 g/mol. The minimum atomic E-state index is 0.522. The van der Waals surface area contributed by atoms with E-state index in [-0.39, 0.29) is 0 Å². The predicted molar refractivity (Wildman–Crippen MR) is 71.5 cm³/mol. The van der Waals surface area contributed by atoms with E-state index in [1.165, 1.54) is 42.9 Å². The topological polar surface area (TPSA) is 40.7 Å². The number of H-pyrrole nitrogens is 1. The van der Waals surface area contributed by atoms with Crippen LogP contribution < -0.4 is 5.32 Å². The van der Waals surface area contributed by atoms with Crippen molar-refractivity contribution in [3.8, 4) is 0 Å². The maximum Gasteiger partial charge on any atom is 0.109 e. The lowest BCUT2D eigenvalue weighted by atomic mass is 9.85. The van der Waals surface area contributed by atoms with Crippen LogP contribution in [0.4, 0.5) is 0 Å². The molecule has 0 atom stereocenters. The first-order chi connectivity index (χ1) is 8.11. The van der Waals surface area contributed by atoms with Crippen molar-refractivity contribution in [1.82, 2.24) is 15.3 Å². The molecule has 17 heavy (non-hydrogen) atoms. The van der Waals surface area contributed by atoms with Gasteiger partial charge in [0.15, 0.2) is 0 Å². The molecule has 0 spiro atoms. The van der Waals surface area contributed by atoms with E-state index in [2.05, 4.69) is 38.1 Å². The third kappa shape index (κ3) is 2.71. The number of aromatic nitrogens is 2. The second-order valence-electron chi connectivity index (χ2n) is 5.62. The molecule has 1 aliphatic rings. The number of hydrogen-bond donors (Lipinski definition) is 2. The Labute approximate surface area is 104 Å². The number of rotatable bonds is 3. The van der Waals surface area contributed by atoms with Gasteiger partial charge in [-0.25, -0.2) is 4.98 Å². The molecule has 2 rings (SSSR count). The molecule has 0 bridgehead atoms. The molecule has 0 aliphatic heterocycles. The van der Waals surface area contributed by atoms with Gasteiger partial charge >= 0.3 is 0 Å². The van der Waals surface area contributed by atoms with Crippen LogP contribution in [-0.2, 0) is 0 Å². The van der Waals surface area contributed by atoms with Gasteiger partial charge in [-0.1, -0.05) is 13.8 Å². The number of aromatic amines is 1. The lowest BCUT2D eigenvalue weighted by Crippen LogP contribution is -2.29. The maximum absolute atomic E-state index is 4.81. The quantitative estimate of drug-likeness (QED) is 0.845. The van der Waals surface area contributed by atoms with Gasteiger partial charge in [0.1, 0.15) is 5.82 Å². The van der Waals surface area contributed by atoms with E-state index in [1.54, 1.807) is 0 Å². The van der Waals surface area contributed by atoms with E-state index >= 15 is 0 Å². The Balaban J connectivity index is 2.06. The molecular formula is C14H25N3. The van der Waals surface area contributed by atoms with Gasteiger partial charge in [0, 0.05) is 17.7 Å². The third-order valence-corrected chi connectivity index (χ3v) is 4.01. The summed E-state index contributed by atoms with van der Waals surface area (Å²) in [7, 11) is 2.07. The Bertz CT molecular complexity index is 360. The summed E-state index contributed by atoms with van der Waals surface area (Å²) in [4.78, 5) is 8.30. The van der Waals surface area contributed by atoms with Gasteiger partial charge in [-0.3, -0.25) is 0 Å². The van der Waals surface area contributed by atoms with Crippen molar-refractivity contribution in [1.29, 1.82) is 0 Å². The molecule has 1 saturated carbocycles. The SMILES string of the molecule is CNC1CCC(c2nc(C(C)C)c(C)[nH]2)CC1. The smallest absolute Gasteiger partial charge is 0.109 e. The normalized spacial score (nSPS) is 25.5. The number of imidazole rings is 1. The lowest BCUT2D eigenvalue weighted by molar-refractivity contribution is 0.351. The lowest BCUT2D eigenvalue weighted by Gasteiger charge is -2.26. The van der Waals surface area contributed by atoms with E-state index in [4.69, 9.17) is 4.98 Å². The second kappa shape index (κ2) is 5.21. The average molecular weight is 235 g/mol.